The fourth-order valence-electron chi connectivity index (χ4n) is 1.62. The molecule has 0 radical (unpaired) electrons. The van der Waals surface area contributed by atoms with Crippen LogP contribution in [0.4, 0.5) is 4.39 Å². The minimum atomic E-state index is -0.980. The molecule has 2 rings (SSSR count). The molecule has 15 heavy (non-hydrogen) atoms. The van der Waals surface area contributed by atoms with Crippen molar-refractivity contribution in [1.82, 2.24) is 0 Å². The van der Waals surface area contributed by atoms with Crippen LogP contribution in [0.3, 0.4) is 0 Å². The summed E-state index contributed by atoms with van der Waals surface area (Å²) in [6.07, 6.45) is 2.67. The number of halogens is 1. The SMILES string of the molecule is OC(C1=CCCCO1)c1ccccc1F. The maximum absolute atomic E-state index is 13.4. The van der Waals surface area contributed by atoms with E-state index < -0.39 is 11.9 Å². The second-order valence-corrected chi connectivity index (χ2v) is 3.52. The molecule has 80 valence electrons. The van der Waals surface area contributed by atoms with E-state index in [0.717, 1.165) is 12.8 Å². The zero-order valence-electron chi connectivity index (χ0n) is 8.32. The van der Waals surface area contributed by atoms with Crippen molar-refractivity contribution in [3.63, 3.8) is 0 Å². The molecular weight excluding hydrogens is 195 g/mol. The lowest BCUT2D eigenvalue weighted by atomic mass is 10.1. The van der Waals surface area contributed by atoms with Crippen molar-refractivity contribution in [1.29, 1.82) is 0 Å². The summed E-state index contributed by atoms with van der Waals surface area (Å²) in [4.78, 5) is 0. The van der Waals surface area contributed by atoms with Crippen LogP contribution < -0.4 is 0 Å². The van der Waals surface area contributed by atoms with Gasteiger partial charge in [-0.25, -0.2) is 4.39 Å². The molecule has 1 N–H and O–H groups in total. The third-order valence-electron chi connectivity index (χ3n) is 2.43. The van der Waals surface area contributed by atoms with Gasteiger partial charge in [-0.15, -0.1) is 0 Å². The van der Waals surface area contributed by atoms with Gasteiger partial charge in [0, 0.05) is 5.56 Å². The summed E-state index contributed by atoms with van der Waals surface area (Å²) < 4.78 is 18.6. The third kappa shape index (κ3) is 2.18. The van der Waals surface area contributed by atoms with Crippen LogP contribution in [0.5, 0.6) is 0 Å². The number of rotatable bonds is 2. The first-order chi connectivity index (χ1) is 7.29. The molecule has 1 atom stereocenters. The van der Waals surface area contributed by atoms with E-state index in [2.05, 4.69) is 0 Å². The maximum Gasteiger partial charge on any atom is 0.138 e. The molecule has 0 bridgehead atoms. The van der Waals surface area contributed by atoms with E-state index in [4.69, 9.17) is 4.74 Å². The molecule has 2 nitrogen and oxygen atoms in total. The van der Waals surface area contributed by atoms with Gasteiger partial charge in [0.05, 0.1) is 6.61 Å². The van der Waals surface area contributed by atoms with Gasteiger partial charge in [-0.2, -0.15) is 0 Å². The number of hydrogen-bond donors (Lipinski definition) is 1. The highest BCUT2D eigenvalue weighted by atomic mass is 19.1. The van der Waals surface area contributed by atoms with Gasteiger partial charge in [-0.3, -0.25) is 0 Å². The average molecular weight is 208 g/mol. The zero-order valence-corrected chi connectivity index (χ0v) is 8.32. The predicted octanol–water partition coefficient (Wildman–Crippen LogP) is 2.55. The van der Waals surface area contributed by atoms with Crippen LogP contribution in [0.25, 0.3) is 0 Å². The molecule has 1 aromatic carbocycles. The van der Waals surface area contributed by atoms with Gasteiger partial charge >= 0.3 is 0 Å². The summed E-state index contributed by atoms with van der Waals surface area (Å²) in [6.45, 7) is 0.595. The average Bonchev–Trinajstić information content (AvgIpc) is 2.30. The lowest BCUT2D eigenvalue weighted by Crippen LogP contribution is -2.11. The highest BCUT2D eigenvalue weighted by Crippen LogP contribution is 2.27. The van der Waals surface area contributed by atoms with Crippen molar-refractivity contribution in [2.24, 2.45) is 0 Å². The van der Waals surface area contributed by atoms with Crippen molar-refractivity contribution >= 4 is 0 Å². The van der Waals surface area contributed by atoms with Crippen molar-refractivity contribution in [3.05, 3.63) is 47.5 Å². The summed E-state index contributed by atoms with van der Waals surface area (Å²) in [5.41, 5.74) is 0.269. The third-order valence-corrected chi connectivity index (χ3v) is 2.43. The Morgan fingerprint density at radius 1 is 1.33 bits per heavy atom. The first-order valence-electron chi connectivity index (χ1n) is 5.04. The summed E-state index contributed by atoms with van der Waals surface area (Å²) in [7, 11) is 0. The fourth-order valence-corrected chi connectivity index (χ4v) is 1.62. The van der Waals surface area contributed by atoms with Gasteiger partial charge in [-0.05, 0) is 25.0 Å². The van der Waals surface area contributed by atoms with Crippen LogP contribution in [0.2, 0.25) is 0 Å². The molecule has 0 aromatic heterocycles. The van der Waals surface area contributed by atoms with E-state index in [9.17, 15) is 9.50 Å². The number of ether oxygens (including phenoxy) is 1. The molecule has 1 aliphatic heterocycles. The Kier molecular flexibility index (Phi) is 3.02. The molecule has 0 aliphatic carbocycles. The largest absolute Gasteiger partial charge is 0.495 e. The van der Waals surface area contributed by atoms with E-state index >= 15 is 0 Å². The molecule has 0 amide bonds. The molecule has 3 heteroatoms. The topological polar surface area (TPSA) is 29.5 Å². The van der Waals surface area contributed by atoms with Crippen molar-refractivity contribution < 1.29 is 14.2 Å². The Morgan fingerprint density at radius 3 is 2.80 bits per heavy atom. The molecule has 1 aromatic rings. The Morgan fingerprint density at radius 2 is 2.13 bits per heavy atom. The lowest BCUT2D eigenvalue weighted by molar-refractivity contribution is 0.0897. The van der Waals surface area contributed by atoms with Gasteiger partial charge < -0.3 is 9.84 Å². The summed E-state index contributed by atoms with van der Waals surface area (Å²) >= 11 is 0. The number of allylic oxidation sites excluding steroid dienone is 1. The summed E-state index contributed by atoms with van der Waals surface area (Å²) in [6, 6.07) is 6.20. The van der Waals surface area contributed by atoms with Gasteiger partial charge in [0.25, 0.3) is 0 Å². The van der Waals surface area contributed by atoms with E-state index in [1.165, 1.54) is 6.07 Å². The van der Waals surface area contributed by atoms with E-state index in [1.54, 1.807) is 18.2 Å². The standard InChI is InChI=1S/C12H13FO2/c13-10-6-2-1-5-9(10)12(14)11-7-3-4-8-15-11/h1-2,5-7,12,14H,3-4,8H2. The van der Waals surface area contributed by atoms with Gasteiger partial charge in [-0.1, -0.05) is 18.2 Å². The van der Waals surface area contributed by atoms with Crippen LogP contribution in [0.1, 0.15) is 24.5 Å². The quantitative estimate of drug-likeness (QED) is 0.809. The second kappa shape index (κ2) is 4.45. The number of hydrogen-bond acceptors (Lipinski definition) is 2. The van der Waals surface area contributed by atoms with Gasteiger partial charge in [0.2, 0.25) is 0 Å². The Balaban J connectivity index is 2.23. The first kappa shape index (κ1) is 10.2. The number of aliphatic hydroxyl groups is 1. The van der Waals surface area contributed by atoms with Crippen molar-refractivity contribution in [2.45, 2.75) is 18.9 Å². The number of aliphatic hydroxyl groups excluding tert-OH is 1. The van der Waals surface area contributed by atoms with Crippen LogP contribution in [-0.4, -0.2) is 11.7 Å². The van der Waals surface area contributed by atoms with Gasteiger partial charge in [0.15, 0.2) is 0 Å². The summed E-state index contributed by atoms with van der Waals surface area (Å²) in [5.74, 6) is 0.0615. The highest BCUT2D eigenvalue weighted by Gasteiger charge is 2.19. The first-order valence-corrected chi connectivity index (χ1v) is 5.04. The normalized spacial score (nSPS) is 17.9. The maximum atomic E-state index is 13.4. The highest BCUT2D eigenvalue weighted by molar-refractivity contribution is 5.25. The Labute approximate surface area is 88.0 Å². The van der Waals surface area contributed by atoms with Gasteiger partial charge in [0.1, 0.15) is 17.7 Å². The Hall–Kier alpha value is -1.35. The minimum absolute atomic E-state index is 0.269. The molecule has 1 heterocycles. The van der Waals surface area contributed by atoms with E-state index in [1.807, 2.05) is 6.08 Å². The summed E-state index contributed by atoms with van der Waals surface area (Å²) in [5, 5.41) is 9.89. The fraction of sp³-hybridized carbons (Fsp3) is 0.333. The molecule has 0 saturated heterocycles. The zero-order chi connectivity index (χ0) is 10.7. The molecule has 0 spiro atoms. The predicted molar refractivity (Wildman–Crippen MR) is 54.6 cm³/mol. The van der Waals surface area contributed by atoms with E-state index in [0.29, 0.717) is 12.4 Å². The molecular formula is C12H13FO2. The van der Waals surface area contributed by atoms with Crippen LogP contribution >= 0.6 is 0 Å². The Bertz CT molecular complexity index is 374. The lowest BCUT2D eigenvalue weighted by Gasteiger charge is -2.20. The van der Waals surface area contributed by atoms with Crippen molar-refractivity contribution in [2.75, 3.05) is 6.61 Å². The smallest absolute Gasteiger partial charge is 0.138 e. The minimum Gasteiger partial charge on any atom is -0.495 e. The second-order valence-electron chi connectivity index (χ2n) is 3.52. The van der Waals surface area contributed by atoms with Crippen LogP contribution in [-0.2, 0) is 4.74 Å². The number of benzene rings is 1. The molecule has 0 fully saturated rings. The molecule has 1 unspecified atom stereocenters. The van der Waals surface area contributed by atoms with Crippen molar-refractivity contribution in [3.8, 4) is 0 Å². The van der Waals surface area contributed by atoms with Crippen LogP contribution in [0, 0.1) is 5.82 Å². The monoisotopic (exact) mass is 208 g/mol. The molecule has 0 saturated carbocycles. The van der Waals surface area contributed by atoms with Crippen LogP contribution in [0.15, 0.2) is 36.1 Å². The van der Waals surface area contributed by atoms with E-state index in [-0.39, 0.29) is 5.56 Å². The molecule has 1 aliphatic rings.